The van der Waals surface area contributed by atoms with E-state index in [4.69, 9.17) is 9.47 Å². The minimum Gasteiger partial charge on any atom is -0.497 e. The van der Waals surface area contributed by atoms with E-state index in [-0.39, 0.29) is 5.56 Å². The Morgan fingerprint density at radius 2 is 1.69 bits per heavy atom. The van der Waals surface area contributed by atoms with Crippen LogP contribution in [-0.2, 0) is 6.54 Å². The summed E-state index contributed by atoms with van der Waals surface area (Å²) in [6.07, 6.45) is 0. The summed E-state index contributed by atoms with van der Waals surface area (Å²) < 4.78 is 14.5. The topological polar surface area (TPSA) is 70.7 Å². The molecule has 160 valence electrons. The Morgan fingerprint density at radius 1 is 0.906 bits per heavy atom. The molecule has 2 aromatic heterocycles. The van der Waals surface area contributed by atoms with Gasteiger partial charge in [0.25, 0.3) is 5.56 Å². The van der Waals surface area contributed by atoms with Gasteiger partial charge in [-0.1, -0.05) is 42.0 Å². The maximum atomic E-state index is 13.4. The molecule has 0 radical (unpaired) electrons. The summed E-state index contributed by atoms with van der Waals surface area (Å²) in [6.45, 7) is 2.43. The molecule has 0 fully saturated rings. The summed E-state index contributed by atoms with van der Waals surface area (Å²) >= 11 is 0. The van der Waals surface area contributed by atoms with Crippen molar-refractivity contribution in [2.75, 3.05) is 14.2 Å². The van der Waals surface area contributed by atoms with Crippen molar-refractivity contribution in [1.29, 1.82) is 0 Å². The number of aryl methyl sites for hydroxylation is 1. The van der Waals surface area contributed by atoms with Crippen LogP contribution in [0.4, 0.5) is 0 Å². The lowest BCUT2D eigenvalue weighted by Crippen LogP contribution is -2.24. The minimum absolute atomic E-state index is 0.102. The first-order valence-corrected chi connectivity index (χ1v) is 10.3. The monoisotopic (exact) mass is 426 g/mol. The first-order chi connectivity index (χ1) is 15.6. The maximum Gasteiger partial charge on any atom is 0.263 e. The minimum atomic E-state index is -0.102. The first kappa shape index (κ1) is 19.8. The molecule has 0 unspecified atom stereocenters. The van der Waals surface area contributed by atoms with Crippen LogP contribution in [0.15, 0.2) is 71.5 Å². The Labute approximate surface area is 184 Å². The van der Waals surface area contributed by atoms with Gasteiger partial charge in [-0.3, -0.25) is 13.8 Å². The number of aromatic nitrogens is 4. The highest BCUT2D eigenvalue weighted by molar-refractivity contribution is 5.83. The van der Waals surface area contributed by atoms with E-state index in [2.05, 4.69) is 10.2 Å². The van der Waals surface area contributed by atoms with Crippen molar-refractivity contribution < 1.29 is 9.47 Å². The van der Waals surface area contributed by atoms with E-state index >= 15 is 0 Å². The molecule has 0 bridgehead atoms. The number of nitrogens with zero attached hydrogens (tertiary/aromatic N) is 4. The quantitative estimate of drug-likeness (QED) is 0.423. The van der Waals surface area contributed by atoms with Crippen LogP contribution < -0.4 is 15.0 Å². The summed E-state index contributed by atoms with van der Waals surface area (Å²) in [4.78, 5) is 13.4. The highest BCUT2D eigenvalue weighted by Crippen LogP contribution is 2.33. The number of hydrogen-bond donors (Lipinski definition) is 0. The van der Waals surface area contributed by atoms with Crippen molar-refractivity contribution in [1.82, 2.24) is 19.2 Å². The third-order valence-electron chi connectivity index (χ3n) is 5.62. The first-order valence-electron chi connectivity index (χ1n) is 10.3. The molecule has 0 saturated carbocycles. The standard InChI is InChI=1S/C25H22N4O3/c1-16-8-10-17(11-9-16)15-28-24(30)19-6-4-5-7-21(19)29-23(26-27-25(28)29)20-13-12-18(31-2)14-22(20)32-3/h4-14H,15H2,1-3H3. The fourth-order valence-electron chi connectivity index (χ4n) is 3.93. The summed E-state index contributed by atoms with van der Waals surface area (Å²) in [5.41, 5.74) is 3.58. The summed E-state index contributed by atoms with van der Waals surface area (Å²) in [5.74, 6) is 2.36. The summed E-state index contributed by atoms with van der Waals surface area (Å²) in [5, 5.41) is 9.49. The van der Waals surface area contributed by atoms with Gasteiger partial charge in [0.2, 0.25) is 5.78 Å². The molecule has 0 aliphatic rings. The molecular formula is C25H22N4O3. The van der Waals surface area contributed by atoms with Gasteiger partial charge in [0, 0.05) is 6.07 Å². The number of rotatable bonds is 5. The van der Waals surface area contributed by atoms with Gasteiger partial charge in [-0.25, -0.2) is 0 Å². The third-order valence-corrected chi connectivity index (χ3v) is 5.62. The van der Waals surface area contributed by atoms with Crippen molar-refractivity contribution >= 4 is 16.7 Å². The van der Waals surface area contributed by atoms with Crippen molar-refractivity contribution in [2.45, 2.75) is 13.5 Å². The van der Waals surface area contributed by atoms with Crippen LogP contribution in [-0.4, -0.2) is 33.4 Å². The van der Waals surface area contributed by atoms with Crippen LogP contribution in [0, 0.1) is 6.92 Å². The third kappa shape index (κ3) is 3.19. The number of benzene rings is 3. The zero-order valence-corrected chi connectivity index (χ0v) is 18.1. The fraction of sp³-hybridized carbons (Fsp3) is 0.160. The number of para-hydroxylation sites is 1. The molecule has 5 rings (SSSR count). The number of methoxy groups -OCH3 is 2. The Kier molecular flexibility index (Phi) is 4.86. The molecule has 32 heavy (non-hydrogen) atoms. The smallest absolute Gasteiger partial charge is 0.263 e. The summed E-state index contributed by atoms with van der Waals surface area (Å²) in [7, 11) is 3.21. The Hall–Kier alpha value is -4.13. The van der Waals surface area contributed by atoms with E-state index in [0.29, 0.717) is 35.0 Å². The Bertz CT molecular complexity index is 1500. The second-order valence-corrected chi connectivity index (χ2v) is 7.62. The van der Waals surface area contributed by atoms with Crippen molar-refractivity contribution in [2.24, 2.45) is 0 Å². The number of ether oxygens (including phenoxy) is 2. The van der Waals surface area contributed by atoms with Crippen LogP contribution in [0.5, 0.6) is 11.5 Å². The van der Waals surface area contributed by atoms with E-state index in [1.807, 2.05) is 72.0 Å². The van der Waals surface area contributed by atoms with Crippen molar-refractivity contribution in [3.05, 3.63) is 88.2 Å². The maximum absolute atomic E-state index is 13.4. The lowest BCUT2D eigenvalue weighted by molar-refractivity contribution is 0.395. The SMILES string of the molecule is COc1ccc(-c2nnc3n(Cc4ccc(C)cc4)c(=O)c4ccccc4n23)c(OC)c1. The Balaban J connectivity index is 1.80. The largest absolute Gasteiger partial charge is 0.497 e. The molecule has 0 aliphatic carbocycles. The zero-order chi connectivity index (χ0) is 22.2. The van der Waals surface area contributed by atoms with Crippen LogP contribution in [0.25, 0.3) is 28.1 Å². The molecule has 2 heterocycles. The molecule has 0 atom stereocenters. The molecular weight excluding hydrogens is 404 g/mol. The molecule has 7 nitrogen and oxygen atoms in total. The molecule has 0 N–H and O–H groups in total. The lowest BCUT2D eigenvalue weighted by Gasteiger charge is -2.13. The zero-order valence-electron chi connectivity index (χ0n) is 18.1. The number of fused-ring (bicyclic) bond motifs is 3. The van der Waals surface area contributed by atoms with Gasteiger partial charge in [0.15, 0.2) is 5.82 Å². The van der Waals surface area contributed by atoms with Gasteiger partial charge in [-0.15, -0.1) is 10.2 Å². The predicted molar refractivity (Wildman–Crippen MR) is 124 cm³/mol. The van der Waals surface area contributed by atoms with E-state index in [1.165, 1.54) is 5.56 Å². The average Bonchev–Trinajstić information content (AvgIpc) is 3.27. The van der Waals surface area contributed by atoms with Gasteiger partial charge in [0.05, 0.1) is 37.2 Å². The predicted octanol–water partition coefficient (Wildman–Crippen LogP) is 4.09. The molecule has 0 aliphatic heterocycles. The fourth-order valence-corrected chi connectivity index (χ4v) is 3.93. The van der Waals surface area contributed by atoms with Crippen LogP contribution >= 0.6 is 0 Å². The van der Waals surface area contributed by atoms with Crippen molar-refractivity contribution in [3.63, 3.8) is 0 Å². The van der Waals surface area contributed by atoms with E-state index in [1.54, 1.807) is 24.9 Å². The van der Waals surface area contributed by atoms with Gasteiger partial charge >= 0.3 is 0 Å². The molecule has 5 aromatic rings. The van der Waals surface area contributed by atoms with Crippen molar-refractivity contribution in [3.8, 4) is 22.9 Å². The highest BCUT2D eigenvalue weighted by atomic mass is 16.5. The van der Waals surface area contributed by atoms with Gasteiger partial charge in [-0.05, 0) is 36.8 Å². The molecule has 0 amide bonds. The van der Waals surface area contributed by atoms with Gasteiger partial charge < -0.3 is 9.47 Å². The second kappa shape index (κ2) is 7.85. The van der Waals surface area contributed by atoms with E-state index in [9.17, 15) is 4.79 Å². The van der Waals surface area contributed by atoms with E-state index < -0.39 is 0 Å². The highest BCUT2D eigenvalue weighted by Gasteiger charge is 2.20. The average molecular weight is 426 g/mol. The molecule has 0 spiro atoms. The van der Waals surface area contributed by atoms with Gasteiger partial charge in [-0.2, -0.15) is 0 Å². The molecule has 7 heteroatoms. The van der Waals surface area contributed by atoms with Crippen LogP contribution in [0.2, 0.25) is 0 Å². The lowest BCUT2D eigenvalue weighted by atomic mass is 10.1. The molecule has 3 aromatic carbocycles. The van der Waals surface area contributed by atoms with Gasteiger partial charge in [0.1, 0.15) is 11.5 Å². The Morgan fingerprint density at radius 3 is 2.44 bits per heavy atom. The van der Waals surface area contributed by atoms with E-state index in [0.717, 1.165) is 16.6 Å². The number of hydrogen-bond acceptors (Lipinski definition) is 5. The second-order valence-electron chi connectivity index (χ2n) is 7.62. The molecule has 0 saturated heterocycles. The van der Waals surface area contributed by atoms with Crippen LogP contribution in [0.1, 0.15) is 11.1 Å². The van der Waals surface area contributed by atoms with Crippen LogP contribution in [0.3, 0.4) is 0 Å². The normalized spacial score (nSPS) is 11.2. The summed E-state index contributed by atoms with van der Waals surface area (Å²) in [6, 6.07) is 21.2.